The van der Waals surface area contributed by atoms with Crippen molar-refractivity contribution in [3.8, 4) is 5.75 Å². The van der Waals surface area contributed by atoms with E-state index in [1.165, 1.54) is 4.90 Å². The summed E-state index contributed by atoms with van der Waals surface area (Å²) in [5.74, 6) is 0.0451. The van der Waals surface area contributed by atoms with E-state index in [4.69, 9.17) is 9.47 Å². The van der Waals surface area contributed by atoms with Crippen molar-refractivity contribution < 1.29 is 24.2 Å². The Kier molecular flexibility index (Phi) is 8.02. The Morgan fingerprint density at radius 1 is 1.14 bits per heavy atom. The van der Waals surface area contributed by atoms with Crippen molar-refractivity contribution in [2.75, 3.05) is 40.0 Å². The van der Waals surface area contributed by atoms with Crippen LogP contribution >= 0.6 is 0 Å². The zero-order valence-corrected chi connectivity index (χ0v) is 17.1. The highest BCUT2D eigenvalue weighted by Crippen LogP contribution is 2.32. The number of hydrogen-bond acceptors (Lipinski definition) is 6. The van der Waals surface area contributed by atoms with Crippen molar-refractivity contribution in [3.05, 3.63) is 35.5 Å². The van der Waals surface area contributed by atoms with E-state index in [-0.39, 0.29) is 31.1 Å². The molecule has 2 amide bonds. The van der Waals surface area contributed by atoms with Crippen LogP contribution in [0.5, 0.6) is 5.75 Å². The smallest absolute Gasteiger partial charge is 0.277 e. The molecule has 2 rings (SSSR count). The molecule has 1 N–H and O–H groups in total. The van der Waals surface area contributed by atoms with Crippen LogP contribution in [0.1, 0.15) is 32.8 Å². The van der Waals surface area contributed by atoms with Crippen LogP contribution < -0.4 is 4.74 Å². The van der Waals surface area contributed by atoms with Crippen molar-refractivity contribution >= 4 is 17.4 Å². The number of imide groups is 1. The van der Waals surface area contributed by atoms with E-state index in [2.05, 4.69) is 0 Å². The molecule has 28 heavy (non-hydrogen) atoms. The number of nitrogens with zero attached hydrogens (tertiary/aromatic N) is 2. The highest BCUT2D eigenvalue weighted by Gasteiger charge is 2.40. The summed E-state index contributed by atoms with van der Waals surface area (Å²) in [7, 11) is 1.71. The highest BCUT2D eigenvalue weighted by molar-refractivity contribution is 6.35. The molecule has 0 bridgehead atoms. The van der Waals surface area contributed by atoms with Crippen LogP contribution in [0.15, 0.2) is 30.0 Å². The van der Waals surface area contributed by atoms with Gasteiger partial charge in [-0.05, 0) is 44.9 Å². The van der Waals surface area contributed by atoms with E-state index in [9.17, 15) is 14.7 Å². The molecule has 0 aromatic heterocycles. The molecule has 7 nitrogen and oxygen atoms in total. The zero-order chi connectivity index (χ0) is 20.7. The number of ether oxygens (including phenoxy) is 2. The first-order valence-electron chi connectivity index (χ1n) is 9.68. The number of aliphatic hydroxyl groups is 1. The van der Waals surface area contributed by atoms with Gasteiger partial charge in [-0.2, -0.15) is 0 Å². The number of likely N-dealkylation sites (N-methyl/N-ethyl adjacent to an activating group) is 1. The number of carbonyl (C=O) groups is 2. The molecule has 0 fully saturated rings. The maximum absolute atomic E-state index is 13.0. The molecule has 1 aliphatic heterocycles. The summed E-state index contributed by atoms with van der Waals surface area (Å²) in [4.78, 5) is 28.9. The fourth-order valence-corrected chi connectivity index (χ4v) is 3.08. The average Bonchev–Trinajstić information content (AvgIpc) is 2.90. The lowest BCUT2D eigenvalue weighted by molar-refractivity contribution is -0.137. The Labute approximate surface area is 166 Å². The summed E-state index contributed by atoms with van der Waals surface area (Å²) in [6, 6.07) is 7.16. The number of amides is 2. The number of hydrogen-bond donors (Lipinski definition) is 1. The fourth-order valence-electron chi connectivity index (χ4n) is 3.08. The molecule has 0 saturated carbocycles. The van der Waals surface area contributed by atoms with Gasteiger partial charge in [-0.3, -0.25) is 14.5 Å². The van der Waals surface area contributed by atoms with Crippen LogP contribution in [0.3, 0.4) is 0 Å². The van der Waals surface area contributed by atoms with Gasteiger partial charge < -0.3 is 19.5 Å². The largest absolute Gasteiger partial charge is 0.491 e. The second-order valence-electron chi connectivity index (χ2n) is 6.87. The van der Waals surface area contributed by atoms with Gasteiger partial charge in [0.1, 0.15) is 11.4 Å². The minimum absolute atomic E-state index is 0.0480. The number of aliphatic hydroxyl groups excluding tert-OH is 1. The molecule has 7 heteroatoms. The lowest BCUT2D eigenvalue weighted by Gasteiger charge is -2.20. The molecule has 0 saturated heterocycles. The second kappa shape index (κ2) is 10.2. The van der Waals surface area contributed by atoms with Crippen molar-refractivity contribution in [1.82, 2.24) is 9.80 Å². The molecule has 0 unspecified atom stereocenters. The van der Waals surface area contributed by atoms with Crippen molar-refractivity contribution in [2.45, 2.75) is 33.3 Å². The van der Waals surface area contributed by atoms with Crippen LogP contribution in [0.2, 0.25) is 0 Å². The molecule has 1 aromatic rings. The molecule has 154 valence electrons. The maximum atomic E-state index is 13.0. The first-order valence-corrected chi connectivity index (χ1v) is 9.68. The summed E-state index contributed by atoms with van der Waals surface area (Å²) < 4.78 is 11.0. The van der Waals surface area contributed by atoms with Crippen LogP contribution in [-0.2, 0) is 14.3 Å². The van der Waals surface area contributed by atoms with Gasteiger partial charge in [0.25, 0.3) is 11.8 Å². The van der Waals surface area contributed by atoms with Crippen LogP contribution in [0, 0.1) is 0 Å². The zero-order valence-electron chi connectivity index (χ0n) is 17.1. The fraction of sp³-hybridized carbons (Fsp3) is 0.524. The first-order chi connectivity index (χ1) is 13.4. The van der Waals surface area contributed by atoms with Crippen molar-refractivity contribution in [3.63, 3.8) is 0 Å². The number of rotatable bonds is 11. The summed E-state index contributed by atoms with van der Waals surface area (Å²) in [5.41, 5.74) is 1.32. The molecule has 0 atom stereocenters. The third-order valence-electron chi connectivity index (χ3n) is 4.35. The lowest BCUT2D eigenvalue weighted by Crippen LogP contribution is -2.36. The summed E-state index contributed by atoms with van der Waals surface area (Å²) in [6.45, 7) is 7.33. The van der Waals surface area contributed by atoms with E-state index in [0.29, 0.717) is 48.8 Å². The summed E-state index contributed by atoms with van der Waals surface area (Å²) in [5, 5.41) is 9.29. The molecule has 1 aromatic carbocycles. The Hall–Kier alpha value is -2.38. The van der Waals surface area contributed by atoms with E-state index in [1.807, 2.05) is 20.8 Å². The van der Waals surface area contributed by atoms with Gasteiger partial charge in [0, 0.05) is 33.4 Å². The SMILES string of the molecule is CCOCCCN1C(=O)C(c2ccc(OC(C)C)cc2)=C(N(C)CCO)C1=O. The predicted octanol–water partition coefficient (Wildman–Crippen LogP) is 1.90. The summed E-state index contributed by atoms with van der Waals surface area (Å²) in [6.07, 6.45) is 0.628. The van der Waals surface area contributed by atoms with E-state index in [1.54, 1.807) is 36.2 Å². The van der Waals surface area contributed by atoms with Crippen LogP contribution in [-0.4, -0.2) is 72.8 Å². The van der Waals surface area contributed by atoms with Gasteiger partial charge >= 0.3 is 0 Å². The van der Waals surface area contributed by atoms with E-state index < -0.39 is 0 Å². The van der Waals surface area contributed by atoms with E-state index >= 15 is 0 Å². The van der Waals surface area contributed by atoms with Crippen molar-refractivity contribution in [1.29, 1.82) is 0 Å². The van der Waals surface area contributed by atoms with Gasteiger partial charge in [0.05, 0.1) is 18.3 Å². The Morgan fingerprint density at radius 3 is 2.39 bits per heavy atom. The minimum atomic E-state index is -0.338. The quantitative estimate of drug-likeness (QED) is 0.459. The standard InChI is InChI=1S/C21H30N2O5/c1-5-27-14-6-11-23-20(25)18(19(21(23)26)22(4)12-13-24)16-7-9-17(10-8-16)28-15(2)3/h7-10,15,24H,5-6,11-14H2,1-4H3. The topological polar surface area (TPSA) is 79.3 Å². The Balaban J connectivity index is 2.31. The molecular formula is C21H30N2O5. The van der Waals surface area contributed by atoms with Gasteiger partial charge in [-0.25, -0.2) is 0 Å². The maximum Gasteiger partial charge on any atom is 0.277 e. The Bertz CT molecular complexity index is 712. The van der Waals surface area contributed by atoms with Gasteiger partial charge in [0.2, 0.25) is 0 Å². The van der Waals surface area contributed by atoms with Crippen LogP contribution in [0.25, 0.3) is 5.57 Å². The van der Waals surface area contributed by atoms with Gasteiger partial charge in [-0.15, -0.1) is 0 Å². The number of benzene rings is 1. The summed E-state index contributed by atoms with van der Waals surface area (Å²) >= 11 is 0. The molecular weight excluding hydrogens is 360 g/mol. The normalized spacial score (nSPS) is 14.4. The minimum Gasteiger partial charge on any atom is -0.491 e. The average molecular weight is 390 g/mol. The molecule has 0 spiro atoms. The third kappa shape index (κ3) is 5.11. The Morgan fingerprint density at radius 2 is 1.82 bits per heavy atom. The van der Waals surface area contributed by atoms with Gasteiger partial charge in [-0.1, -0.05) is 12.1 Å². The molecule has 1 aliphatic rings. The number of carbonyl (C=O) groups excluding carboxylic acids is 2. The second-order valence-corrected chi connectivity index (χ2v) is 6.87. The van der Waals surface area contributed by atoms with Gasteiger partial charge in [0.15, 0.2) is 0 Å². The molecule has 0 radical (unpaired) electrons. The third-order valence-corrected chi connectivity index (χ3v) is 4.35. The highest BCUT2D eigenvalue weighted by atomic mass is 16.5. The van der Waals surface area contributed by atoms with E-state index in [0.717, 1.165) is 0 Å². The first kappa shape index (κ1) is 21.9. The lowest BCUT2D eigenvalue weighted by atomic mass is 10.0. The molecule has 0 aliphatic carbocycles. The monoisotopic (exact) mass is 390 g/mol. The van der Waals surface area contributed by atoms with Crippen molar-refractivity contribution in [2.24, 2.45) is 0 Å². The predicted molar refractivity (Wildman–Crippen MR) is 107 cm³/mol. The molecule has 1 heterocycles. The van der Waals surface area contributed by atoms with Crippen LogP contribution in [0.4, 0.5) is 0 Å².